The molecule has 234 valence electrons. The van der Waals surface area contributed by atoms with Crippen LogP contribution in [-0.2, 0) is 20.8 Å². The van der Waals surface area contributed by atoms with Gasteiger partial charge in [-0.3, -0.25) is 19.3 Å². The third-order valence-corrected chi connectivity index (χ3v) is 9.45. The third kappa shape index (κ3) is 4.85. The fourth-order valence-electron chi connectivity index (χ4n) is 7.18. The molecule has 0 aromatic heterocycles. The molecule has 5 rings (SSSR count). The van der Waals surface area contributed by atoms with Gasteiger partial charge in [-0.15, -0.1) is 0 Å². The molecule has 3 aliphatic carbocycles. The number of hydrogen-bond acceptors (Lipinski definition) is 10. The summed E-state index contributed by atoms with van der Waals surface area (Å²) in [7, 11) is 3.15. The van der Waals surface area contributed by atoms with E-state index in [1.54, 1.807) is 20.2 Å². The Morgan fingerprint density at radius 3 is 2.30 bits per heavy atom. The molecule has 0 aliphatic heterocycles. The number of nitrogens with one attached hydrogen (secondary N) is 1. The number of benzene rings is 2. The maximum absolute atomic E-state index is 14.0. The molecule has 1 fully saturated rings. The number of fused-ring (bicyclic) bond motifs is 3. The van der Waals surface area contributed by atoms with Gasteiger partial charge in [-0.2, -0.15) is 0 Å². The molecule has 0 saturated heterocycles. The van der Waals surface area contributed by atoms with Crippen molar-refractivity contribution >= 4 is 28.9 Å². The lowest BCUT2D eigenvalue weighted by molar-refractivity contribution is -0.153. The summed E-state index contributed by atoms with van der Waals surface area (Å²) >= 11 is 0. The van der Waals surface area contributed by atoms with Gasteiger partial charge in [-0.05, 0) is 80.8 Å². The van der Waals surface area contributed by atoms with Crippen LogP contribution in [-0.4, -0.2) is 99.6 Å². The molecule has 2 aromatic rings. The number of nitrogens with two attached hydrogens (primary N) is 1. The molecule has 0 bridgehead atoms. The molecule has 3 aliphatic rings. The van der Waals surface area contributed by atoms with Gasteiger partial charge in [0.15, 0.2) is 11.4 Å². The van der Waals surface area contributed by atoms with E-state index in [1.165, 1.54) is 11.0 Å². The van der Waals surface area contributed by atoms with Crippen molar-refractivity contribution in [3.8, 4) is 16.9 Å². The summed E-state index contributed by atoms with van der Waals surface area (Å²) in [6.45, 7) is 7.94. The van der Waals surface area contributed by atoms with Crippen molar-refractivity contribution in [2.75, 3.05) is 45.6 Å². The highest BCUT2D eigenvalue weighted by atomic mass is 16.3. The lowest BCUT2D eigenvalue weighted by Crippen LogP contribution is -2.65. The summed E-state index contributed by atoms with van der Waals surface area (Å²) in [4.78, 5) is 43.3. The molecule has 1 amide bonds. The summed E-state index contributed by atoms with van der Waals surface area (Å²) in [6, 6.07) is 9.90. The first-order valence-electron chi connectivity index (χ1n) is 14.9. The van der Waals surface area contributed by atoms with Crippen molar-refractivity contribution in [2.24, 2.45) is 17.6 Å². The van der Waals surface area contributed by atoms with Gasteiger partial charge in [-0.1, -0.05) is 32.0 Å². The number of nitrogens with zero attached hydrogens (tertiary/aromatic N) is 2. The number of primary amides is 1. The molecule has 4 atom stereocenters. The number of aliphatic hydroxyl groups is 3. The van der Waals surface area contributed by atoms with E-state index in [4.69, 9.17) is 5.73 Å². The molecule has 0 heterocycles. The van der Waals surface area contributed by atoms with Gasteiger partial charge in [0.25, 0.3) is 5.91 Å². The molecule has 11 nitrogen and oxygen atoms in total. The van der Waals surface area contributed by atoms with Crippen LogP contribution in [0.25, 0.3) is 16.9 Å². The number of aromatic hydroxyl groups is 1. The Kier molecular flexibility index (Phi) is 8.32. The maximum atomic E-state index is 14.0. The summed E-state index contributed by atoms with van der Waals surface area (Å²) in [5, 5.41) is 48.6. The maximum Gasteiger partial charge on any atom is 0.255 e. The minimum Gasteiger partial charge on any atom is -0.508 e. The number of carbonyl (C=O) groups excluding carboxylic acids is 3. The molecular weight excluding hydrogens is 564 g/mol. The van der Waals surface area contributed by atoms with E-state index in [2.05, 4.69) is 24.1 Å². The topological polar surface area (TPSA) is 177 Å². The van der Waals surface area contributed by atoms with Crippen LogP contribution in [0.15, 0.2) is 53.3 Å². The Bertz CT molecular complexity index is 1580. The Morgan fingerprint density at radius 1 is 1.05 bits per heavy atom. The number of Topliss-reactive ketones (excluding diaryl/α,β-unsaturated/α-hetero) is 2. The SMILES string of the molecule is CCN(CC)CCNc1ccc(-c2ccc(O)c3c2C[C@H]2C[C@H]4[C@H](N(C)C)C(=O)C(C(N)=O)=C(O)[C@@]4(O)C(=O)C2=C3O)cc1. The van der Waals surface area contributed by atoms with Gasteiger partial charge < -0.3 is 36.4 Å². The normalized spacial score (nSPS) is 24.8. The fourth-order valence-corrected chi connectivity index (χ4v) is 7.18. The van der Waals surface area contributed by atoms with Crippen LogP contribution in [0, 0.1) is 11.8 Å². The number of hydrogen-bond donors (Lipinski definition) is 6. The number of phenols is 1. The van der Waals surface area contributed by atoms with Gasteiger partial charge in [0.1, 0.15) is 22.8 Å². The van der Waals surface area contributed by atoms with Gasteiger partial charge >= 0.3 is 0 Å². The van der Waals surface area contributed by atoms with E-state index >= 15 is 0 Å². The number of phenolic OH excluding ortho intramolecular Hbond substituents is 1. The van der Waals surface area contributed by atoms with Crippen LogP contribution >= 0.6 is 0 Å². The van der Waals surface area contributed by atoms with E-state index in [9.17, 15) is 34.8 Å². The molecule has 7 N–H and O–H groups in total. The van der Waals surface area contributed by atoms with E-state index in [0.29, 0.717) is 5.56 Å². The molecule has 44 heavy (non-hydrogen) atoms. The molecular formula is C33H40N4O7. The summed E-state index contributed by atoms with van der Waals surface area (Å²) in [5.41, 5.74) is 4.98. The van der Waals surface area contributed by atoms with Crippen LogP contribution in [0.2, 0.25) is 0 Å². The zero-order valence-electron chi connectivity index (χ0n) is 25.4. The average Bonchev–Trinajstić information content (AvgIpc) is 2.97. The predicted octanol–water partition coefficient (Wildman–Crippen LogP) is 2.38. The monoisotopic (exact) mass is 604 g/mol. The van der Waals surface area contributed by atoms with Crippen molar-refractivity contribution < 1.29 is 34.8 Å². The van der Waals surface area contributed by atoms with Crippen LogP contribution < -0.4 is 11.1 Å². The third-order valence-electron chi connectivity index (χ3n) is 9.45. The lowest BCUT2D eigenvalue weighted by Gasteiger charge is -2.50. The Hall–Kier alpha value is -4.19. The molecule has 1 saturated carbocycles. The predicted molar refractivity (Wildman–Crippen MR) is 166 cm³/mol. The second kappa shape index (κ2) is 11.7. The highest BCUT2D eigenvalue weighted by molar-refractivity contribution is 6.24. The summed E-state index contributed by atoms with van der Waals surface area (Å²) in [5.74, 6) is -6.68. The second-order valence-electron chi connectivity index (χ2n) is 12.0. The summed E-state index contributed by atoms with van der Waals surface area (Å²) < 4.78 is 0. The Morgan fingerprint density at radius 2 is 1.70 bits per heavy atom. The van der Waals surface area contributed by atoms with E-state index in [-0.39, 0.29) is 29.7 Å². The highest BCUT2D eigenvalue weighted by Gasteiger charge is 2.64. The van der Waals surface area contributed by atoms with Gasteiger partial charge in [-0.25, -0.2) is 0 Å². The van der Waals surface area contributed by atoms with Crippen molar-refractivity contribution in [3.05, 3.63) is 64.4 Å². The molecule has 11 heteroatoms. The van der Waals surface area contributed by atoms with E-state index in [1.807, 2.05) is 24.3 Å². The first-order valence-corrected chi connectivity index (χ1v) is 14.9. The van der Waals surface area contributed by atoms with Crippen molar-refractivity contribution in [3.63, 3.8) is 0 Å². The minimum absolute atomic E-state index is 0.0380. The van der Waals surface area contributed by atoms with Crippen LogP contribution in [0.3, 0.4) is 0 Å². The van der Waals surface area contributed by atoms with E-state index < -0.39 is 58.0 Å². The molecule has 0 radical (unpaired) electrons. The molecule has 0 unspecified atom stereocenters. The van der Waals surface area contributed by atoms with E-state index in [0.717, 1.165) is 43.0 Å². The Labute approximate surface area is 256 Å². The first kappa shape index (κ1) is 31.2. The second-order valence-corrected chi connectivity index (χ2v) is 12.0. The van der Waals surface area contributed by atoms with Gasteiger partial charge in [0.2, 0.25) is 5.78 Å². The van der Waals surface area contributed by atoms with Crippen molar-refractivity contribution in [1.82, 2.24) is 9.80 Å². The van der Waals surface area contributed by atoms with Crippen LogP contribution in [0.1, 0.15) is 31.4 Å². The quantitative estimate of drug-likeness (QED) is 0.233. The van der Waals surface area contributed by atoms with Gasteiger partial charge in [0, 0.05) is 30.3 Å². The van der Waals surface area contributed by atoms with Crippen LogP contribution in [0.4, 0.5) is 5.69 Å². The number of carbonyl (C=O) groups is 3. The van der Waals surface area contributed by atoms with Crippen molar-refractivity contribution in [2.45, 2.75) is 38.3 Å². The van der Waals surface area contributed by atoms with Crippen LogP contribution in [0.5, 0.6) is 5.75 Å². The smallest absolute Gasteiger partial charge is 0.255 e. The molecule has 0 spiro atoms. The Balaban J connectivity index is 1.55. The van der Waals surface area contributed by atoms with Gasteiger partial charge in [0.05, 0.1) is 11.6 Å². The zero-order valence-corrected chi connectivity index (χ0v) is 25.4. The largest absolute Gasteiger partial charge is 0.508 e. The average molecular weight is 605 g/mol. The lowest BCUT2D eigenvalue weighted by atomic mass is 9.57. The number of rotatable bonds is 9. The first-order chi connectivity index (χ1) is 20.9. The minimum atomic E-state index is -2.66. The fraction of sp³-hybridized carbons (Fsp3) is 0.424. The highest BCUT2D eigenvalue weighted by Crippen LogP contribution is 2.53. The number of anilines is 1. The number of likely N-dealkylation sites (N-methyl/N-ethyl adjacent to an activating group) is 2. The van der Waals surface area contributed by atoms with Crippen molar-refractivity contribution in [1.29, 1.82) is 0 Å². The standard InChI is InChI=1S/C33H40N4O7/c1-5-37(6-2)14-13-35-19-9-7-17(8-10-19)20-11-12-23(38)25-21(20)15-18-16-22-27(36(3)4)29(40)26(32(34)43)31(42)33(22,44)30(41)24(18)28(25)39/h7-12,18,22,27,35,38-39,42,44H,5-6,13-16H2,1-4H3,(H2,34,43)/t18-,22-,27-,33-/m0/s1. The zero-order chi connectivity index (χ0) is 32.1. The number of aliphatic hydroxyl groups excluding tert-OH is 2. The number of amides is 1. The number of ketones is 2. The summed E-state index contributed by atoms with van der Waals surface area (Å²) in [6.07, 6.45) is 0.262. The molecule has 2 aromatic carbocycles.